The zero-order valence-electron chi connectivity index (χ0n) is 19.1. The zero-order valence-corrected chi connectivity index (χ0v) is 19.1. The standard InChI is InChI=1S/C24H32FN5O2/c1-17-27-20(14-21(26)28-17)23(2)8-10-30(11-9-23)22(31)24(16-29(3)12-13-32-24)15-18-4-6-19(25)7-5-18/h4-7,14H,8-13,15-16H2,1-3H3,(H2,26,27,28)/t24-/m1/s1. The third kappa shape index (κ3) is 4.61. The summed E-state index contributed by atoms with van der Waals surface area (Å²) in [6, 6.07) is 8.18. The Morgan fingerprint density at radius 2 is 1.88 bits per heavy atom. The number of likely N-dealkylation sites (tertiary alicyclic amines) is 1. The predicted octanol–water partition coefficient (Wildman–Crippen LogP) is 2.33. The molecule has 1 atom stereocenters. The molecule has 1 amide bonds. The maximum Gasteiger partial charge on any atom is 0.256 e. The molecule has 3 heterocycles. The minimum Gasteiger partial charge on any atom is -0.384 e. The molecule has 7 nitrogen and oxygen atoms in total. The Labute approximate surface area is 188 Å². The van der Waals surface area contributed by atoms with Gasteiger partial charge in [0.05, 0.1) is 12.3 Å². The minimum atomic E-state index is -0.964. The van der Waals surface area contributed by atoms with Gasteiger partial charge in [-0.2, -0.15) is 0 Å². The van der Waals surface area contributed by atoms with Crippen molar-refractivity contribution in [2.24, 2.45) is 0 Å². The fourth-order valence-electron chi connectivity index (χ4n) is 4.85. The number of aromatic nitrogens is 2. The van der Waals surface area contributed by atoms with E-state index in [2.05, 4.69) is 21.8 Å². The van der Waals surface area contributed by atoms with Crippen LogP contribution in [0.15, 0.2) is 30.3 Å². The molecule has 2 aromatic rings. The van der Waals surface area contributed by atoms with E-state index in [9.17, 15) is 9.18 Å². The van der Waals surface area contributed by atoms with Gasteiger partial charge < -0.3 is 20.3 Å². The highest BCUT2D eigenvalue weighted by Crippen LogP contribution is 2.36. The number of halogens is 1. The second kappa shape index (κ2) is 8.75. The maximum atomic E-state index is 13.8. The van der Waals surface area contributed by atoms with Crippen LogP contribution in [0.4, 0.5) is 10.2 Å². The van der Waals surface area contributed by atoms with E-state index >= 15 is 0 Å². The normalized spacial score (nSPS) is 23.8. The van der Waals surface area contributed by atoms with Crippen LogP contribution in [-0.2, 0) is 21.4 Å². The smallest absolute Gasteiger partial charge is 0.256 e. The summed E-state index contributed by atoms with van der Waals surface area (Å²) in [4.78, 5) is 26.7. The summed E-state index contributed by atoms with van der Waals surface area (Å²) < 4.78 is 19.6. The highest BCUT2D eigenvalue weighted by molar-refractivity contribution is 5.86. The number of nitrogens with zero attached hydrogens (tertiary/aromatic N) is 4. The summed E-state index contributed by atoms with van der Waals surface area (Å²) in [5, 5.41) is 0. The number of carbonyl (C=O) groups excluding carboxylic acids is 1. The average molecular weight is 442 g/mol. The Morgan fingerprint density at radius 3 is 2.50 bits per heavy atom. The Balaban J connectivity index is 1.52. The van der Waals surface area contributed by atoms with E-state index in [1.165, 1.54) is 12.1 Å². The fourth-order valence-corrected chi connectivity index (χ4v) is 4.85. The molecule has 2 fully saturated rings. The van der Waals surface area contributed by atoms with Crippen molar-refractivity contribution in [3.05, 3.63) is 53.2 Å². The molecule has 0 unspecified atom stereocenters. The molecule has 4 rings (SSSR count). The van der Waals surface area contributed by atoms with Crippen LogP contribution >= 0.6 is 0 Å². The number of likely N-dealkylation sites (N-methyl/N-ethyl adjacent to an activating group) is 1. The molecule has 2 saturated heterocycles. The van der Waals surface area contributed by atoms with Crippen molar-refractivity contribution in [1.82, 2.24) is 19.8 Å². The molecule has 2 aliphatic heterocycles. The van der Waals surface area contributed by atoms with Gasteiger partial charge >= 0.3 is 0 Å². The van der Waals surface area contributed by atoms with Crippen LogP contribution in [0.25, 0.3) is 0 Å². The molecule has 0 spiro atoms. The van der Waals surface area contributed by atoms with Crippen LogP contribution in [0.2, 0.25) is 0 Å². The number of piperidine rings is 1. The summed E-state index contributed by atoms with van der Waals surface area (Å²) in [6.45, 7) is 7.05. The van der Waals surface area contributed by atoms with Gasteiger partial charge in [-0.3, -0.25) is 4.79 Å². The number of amides is 1. The van der Waals surface area contributed by atoms with Crippen LogP contribution in [0.5, 0.6) is 0 Å². The molecule has 0 radical (unpaired) electrons. The van der Waals surface area contributed by atoms with E-state index in [0.717, 1.165) is 30.6 Å². The molecule has 0 aliphatic carbocycles. The van der Waals surface area contributed by atoms with Gasteiger partial charge in [-0.25, -0.2) is 14.4 Å². The average Bonchev–Trinajstić information content (AvgIpc) is 2.75. The highest BCUT2D eigenvalue weighted by Gasteiger charge is 2.47. The summed E-state index contributed by atoms with van der Waals surface area (Å²) in [5.41, 5.74) is 6.65. The second-order valence-corrected chi connectivity index (χ2v) is 9.46. The number of rotatable bonds is 4. The molecule has 1 aromatic carbocycles. The Hall–Kier alpha value is -2.58. The van der Waals surface area contributed by atoms with Crippen LogP contribution in [0.3, 0.4) is 0 Å². The number of carbonyl (C=O) groups is 1. The molecule has 172 valence electrons. The molecule has 0 bridgehead atoms. The van der Waals surface area contributed by atoms with Crippen molar-refractivity contribution in [3.63, 3.8) is 0 Å². The van der Waals surface area contributed by atoms with Crippen molar-refractivity contribution in [2.75, 3.05) is 45.6 Å². The van der Waals surface area contributed by atoms with E-state index in [0.29, 0.717) is 44.3 Å². The lowest BCUT2D eigenvalue weighted by molar-refractivity contribution is -0.171. The Bertz CT molecular complexity index is 955. The Kier molecular flexibility index (Phi) is 6.18. The number of hydrogen-bond acceptors (Lipinski definition) is 6. The van der Waals surface area contributed by atoms with Crippen molar-refractivity contribution < 1.29 is 13.9 Å². The first-order valence-corrected chi connectivity index (χ1v) is 11.2. The lowest BCUT2D eigenvalue weighted by Gasteiger charge is -2.46. The number of nitrogen functional groups attached to an aromatic ring is 1. The van der Waals surface area contributed by atoms with Crippen LogP contribution < -0.4 is 5.73 Å². The zero-order chi connectivity index (χ0) is 22.9. The van der Waals surface area contributed by atoms with E-state index < -0.39 is 5.60 Å². The number of ether oxygens (including phenoxy) is 1. The molecule has 1 aromatic heterocycles. The molecular formula is C24H32FN5O2. The SMILES string of the molecule is Cc1nc(N)cc(C2(C)CCN(C(=O)[C@@]3(Cc4ccc(F)cc4)CN(C)CCO3)CC2)n1. The number of hydrogen-bond donors (Lipinski definition) is 1. The summed E-state index contributed by atoms with van der Waals surface area (Å²) >= 11 is 0. The first-order valence-electron chi connectivity index (χ1n) is 11.2. The van der Waals surface area contributed by atoms with Crippen molar-refractivity contribution in [1.29, 1.82) is 0 Å². The van der Waals surface area contributed by atoms with Crippen molar-refractivity contribution in [3.8, 4) is 0 Å². The largest absolute Gasteiger partial charge is 0.384 e. The predicted molar refractivity (Wildman–Crippen MR) is 121 cm³/mol. The number of aryl methyl sites for hydroxylation is 1. The fraction of sp³-hybridized carbons (Fsp3) is 0.542. The van der Waals surface area contributed by atoms with Gasteiger partial charge in [-0.05, 0) is 44.5 Å². The quantitative estimate of drug-likeness (QED) is 0.784. The van der Waals surface area contributed by atoms with Crippen LogP contribution in [0.1, 0.15) is 36.8 Å². The van der Waals surface area contributed by atoms with Gasteiger partial charge in [0.1, 0.15) is 17.5 Å². The molecule has 8 heteroatoms. The summed E-state index contributed by atoms with van der Waals surface area (Å²) in [6.07, 6.45) is 2.00. The van der Waals surface area contributed by atoms with Crippen molar-refractivity contribution >= 4 is 11.7 Å². The van der Waals surface area contributed by atoms with E-state index in [-0.39, 0.29) is 17.1 Å². The molecular weight excluding hydrogens is 409 g/mol. The topological polar surface area (TPSA) is 84.6 Å². The highest BCUT2D eigenvalue weighted by atomic mass is 19.1. The first-order chi connectivity index (χ1) is 15.2. The lowest BCUT2D eigenvalue weighted by Crippen LogP contribution is -2.62. The molecule has 2 N–H and O–H groups in total. The molecule has 2 aliphatic rings. The molecule has 0 saturated carbocycles. The van der Waals surface area contributed by atoms with Gasteiger partial charge in [0.25, 0.3) is 5.91 Å². The van der Waals surface area contributed by atoms with Crippen LogP contribution in [0, 0.1) is 12.7 Å². The third-order valence-corrected chi connectivity index (χ3v) is 6.80. The third-order valence-electron chi connectivity index (χ3n) is 6.80. The van der Waals surface area contributed by atoms with Gasteiger partial charge in [-0.15, -0.1) is 0 Å². The minimum absolute atomic E-state index is 0.00815. The van der Waals surface area contributed by atoms with Gasteiger partial charge in [0.15, 0.2) is 5.60 Å². The van der Waals surface area contributed by atoms with Crippen molar-refractivity contribution in [2.45, 2.75) is 44.1 Å². The maximum absolute atomic E-state index is 13.8. The van der Waals surface area contributed by atoms with E-state index in [4.69, 9.17) is 10.5 Å². The van der Waals surface area contributed by atoms with Gasteiger partial charge in [-0.1, -0.05) is 19.1 Å². The van der Waals surface area contributed by atoms with Gasteiger partial charge in [0, 0.05) is 44.1 Å². The number of morpholine rings is 1. The molecule has 32 heavy (non-hydrogen) atoms. The lowest BCUT2D eigenvalue weighted by atomic mass is 9.76. The number of anilines is 1. The van der Waals surface area contributed by atoms with Crippen LogP contribution in [-0.4, -0.2) is 71.1 Å². The Morgan fingerprint density at radius 1 is 1.19 bits per heavy atom. The summed E-state index contributed by atoms with van der Waals surface area (Å²) in [5.74, 6) is 0.862. The first kappa shape index (κ1) is 22.6. The van der Waals surface area contributed by atoms with E-state index in [1.807, 2.05) is 24.9 Å². The van der Waals surface area contributed by atoms with E-state index in [1.54, 1.807) is 12.1 Å². The number of benzene rings is 1. The second-order valence-electron chi connectivity index (χ2n) is 9.46. The van der Waals surface area contributed by atoms with Gasteiger partial charge in [0.2, 0.25) is 0 Å². The summed E-state index contributed by atoms with van der Waals surface area (Å²) in [7, 11) is 2.00. The number of nitrogens with two attached hydrogens (primary N) is 1. The monoisotopic (exact) mass is 441 g/mol.